The van der Waals surface area contributed by atoms with Gasteiger partial charge in [0.1, 0.15) is 11.3 Å². The molecule has 1 aromatic heterocycles. The van der Waals surface area contributed by atoms with Crippen LogP contribution in [-0.2, 0) is 0 Å². The smallest absolute Gasteiger partial charge is 0.300 e. The number of aromatic hydroxyl groups is 1. The van der Waals surface area contributed by atoms with Crippen LogP contribution in [0.3, 0.4) is 0 Å². The minimum Gasteiger partial charge on any atom is -0.508 e. The summed E-state index contributed by atoms with van der Waals surface area (Å²) >= 11 is 0. The van der Waals surface area contributed by atoms with Gasteiger partial charge in [-0.05, 0) is 24.3 Å². The van der Waals surface area contributed by atoms with Crippen LogP contribution in [-0.4, -0.2) is 15.0 Å². The molecule has 3 aromatic rings. The summed E-state index contributed by atoms with van der Waals surface area (Å²) in [6, 6.07) is 10.7. The molecular formula is C13H9N3O4. The summed E-state index contributed by atoms with van der Waals surface area (Å²) in [4.78, 5) is 14.2. The second kappa shape index (κ2) is 4.54. The Hall–Kier alpha value is -3.09. The number of rotatable bonds is 3. The summed E-state index contributed by atoms with van der Waals surface area (Å²) in [6.45, 7) is 0. The van der Waals surface area contributed by atoms with Gasteiger partial charge in [-0.1, -0.05) is 0 Å². The standard InChI is InChI=1S/C13H9N3O4/c17-10-5-6-12-11(7-10)15-13(20-12)14-8-1-3-9(4-2-8)16(18)19/h1-7,17H,(H,14,15). The SMILES string of the molecule is O=[N+]([O-])c1ccc(Nc2nc3cc(O)ccc3o2)cc1. The Morgan fingerprint density at radius 3 is 2.65 bits per heavy atom. The lowest BCUT2D eigenvalue weighted by Gasteiger charge is -2.00. The largest absolute Gasteiger partial charge is 0.508 e. The maximum Gasteiger partial charge on any atom is 0.300 e. The first kappa shape index (κ1) is 12.0. The van der Waals surface area contributed by atoms with Crippen LogP contribution in [0.15, 0.2) is 46.9 Å². The Kier molecular flexibility index (Phi) is 2.72. The molecule has 0 bridgehead atoms. The van der Waals surface area contributed by atoms with Crippen LogP contribution >= 0.6 is 0 Å². The van der Waals surface area contributed by atoms with Gasteiger partial charge in [0.05, 0.1) is 4.92 Å². The van der Waals surface area contributed by atoms with E-state index in [9.17, 15) is 15.2 Å². The average Bonchev–Trinajstić information content (AvgIpc) is 2.80. The van der Waals surface area contributed by atoms with E-state index in [-0.39, 0.29) is 17.5 Å². The first-order valence-electron chi connectivity index (χ1n) is 5.73. The van der Waals surface area contributed by atoms with Crippen LogP contribution in [0.5, 0.6) is 5.75 Å². The molecule has 100 valence electrons. The molecule has 0 aliphatic rings. The average molecular weight is 271 g/mol. The molecule has 0 aliphatic heterocycles. The van der Waals surface area contributed by atoms with Crippen molar-refractivity contribution in [2.75, 3.05) is 5.32 Å². The first-order valence-corrected chi connectivity index (χ1v) is 5.73. The molecule has 0 spiro atoms. The number of non-ortho nitro benzene ring substituents is 1. The number of oxazole rings is 1. The molecule has 0 amide bonds. The van der Waals surface area contributed by atoms with Crippen molar-refractivity contribution in [3.05, 3.63) is 52.6 Å². The van der Waals surface area contributed by atoms with Crippen LogP contribution in [0.2, 0.25) is 0 Å². The third-order valence-corrected chi connectivity index (χ3v) is 2.70. The molecular weight excluding hydrogens is 262 g/mol. The number of phenols is 1. The number of benzene rings is 2. The second-order valence-electron chi connectivity index (χ2n) is 4.10. The Morgan fingerprint density at radius 2 is 1.95 bits per heavy atom. The number of hydrogen-bond donors (Lipinski definition) is 2. The van der Waals surface area contributed by atoms with Gasteiger partial charge in [-0.3, -0.25) is 10.1 Å². The lowest BCUT2D eigenvalue weighted by molar-refractivity contribution is -0.384. The highest BCUT2D eigenvalue weighted by Gasteiger charge is 2.08. The molecule has 0 radical (unpaired) electrons. The van der Waals surface area contributed by atoms with Gasteiger partial charge < -0.3 is 14.8 Å². The monoisotopic (exact) mass is 271 g/mol. The highest BCUT2D eigenvalue weighted by molar-refractivity contribution is 5.76. The van der Waals surface area contributed by atoms with Gasteiger partial charge in [0, 0.05) is 23.9 Å². The normalized spacial score (nSPS) is 10.6. The van der Waals surface area contributed by atoms with Crippen LogP contribution in [0, 0.1) is 10.1 Å². The minimum atomic E-state index is -0.466. The third kappa shape index (κ3) is 2.24. The fraction of sp³-hybridized carbons (Fsp3) is 0. The number of nitro groups is 1. The van der Waals surface area contributed by atoms with Crippen molar-refractivity contribution in [3.8, 4) is 5.75 Å². The summed E-state index contributed by atoms with van der Waals surface area (Å²) in [5, 5.41) is 22.8. The van der Waals surface area contributed by atoms with Gasteiger partial charge in [0.2, 0.25) is 0 Å². The van der Waals surface area contributed by atoms with Crippen molar-refractivity contribution in [2.45, 2.75) is 0 Å². The second-order valence-corrected chi connectivity index (χ2v) is 4.10. The zero-order valence-electron chi connectivity index (χ0n) is 10.1. The van der Waals surface area contributed by atoms with E-state index in [4.69, 9.17) is 4.42 Å². The molecule has 0 unspecified atom stereocenters. The van der Waals surface area contributed by atoms with Gasteiger partial charge in [0.25, 0.3) is 11.7 Å². The molecule has 2 N–H and O–H groups in total. The van der Waals surface area contributed by atoms with Crippen molar-refractivity contribution in [1.82, 2.24) is 4.98 Å². The van der Waals surface area contributed by atoms with Crippen molar-refractivity contribution >= 4 is 28.5 Å². The lowest BCUT2D eigenvalue weighted by Crippen LogP contribution is -1.91. The van der Waals surface area contributed by atoms with E-state index in [1.54, 1.807) is 18.2 Å². The minimum absolute atomic E-state index is 0.0121. The number of nitro benzene ring substituents is 1. The van der Waals surface area contributed by atoms with Crippen LogP contribution in [0.4, 0.5) is 17.4 Å². The number of hydrogen-bond acceptors (Lipinski definition) is 6. The van der Waals surface area contributed by atoms with Gasteiger partial charge in [-0.2, -0.15) is 4.98 Å². The van der Waals surface area contributed by atoms with Crippen molar-refractivity contribution in [3.63, 3.8) is 0 Å². The number of anilines is 2. The fourth-order valence-corrected chi connectivity index (χ4v) is 1.76. The van der Waals surface area contributed by atoms with Gasteiger partial charge in [-0.15, -0.1) is 0 Å². The maximum absolute atomic E-state index is 10.6. The molecule has 0 saturated carbocycles. The Labute approximate surface area is 112 Å². The molecule has 7 nitrogen and oxygen atoms in total. The predicted octanol–water partition coefficient (Wildman–Crippen LogP) is 3.19. The first-order chi connectivity index (χ1) is 9.61. The fourth-order valence-electron chi connectivity index (χ4n) is 1.76. The molecule has 0 atom stereocenters. The van der Waals surface area contributed by atoms with E-state index in [1.165, 1.54) is 24.3 Å². The Bertz CT molecular complexity index is 780. The zero-order valence-corrected chi connectivity index (χ0v) is 10.1. The van der Waals surface area contributed by atoms with Gasteiger partial charge in [0.15, 0.2) is 5.58 Å². The zero-order chi connectivity index (χ0) is 14.1. The predicted molar refractivity (Wildman–Crippen MR) is 72.1 cm³/mol. The molecule has 20 heavy (non-hydrogen) atoms. The van der Waals surface area contributed by atoms with Crippen LogP contribution in [0.1, 0.15) is 0 Å². The quantitative estimate of drug-likeness (QED) is 0.560. The van der Waals surface area contributed by atoms with Gasteiger partial charge in [-0.25, -0.2) is 0 Å². The highest BCUT2D eigenvalue weighted by Crippen LogP contribution is 2.25. The number of fused-ring (bicyclic) bond motifs is 1. The van der Waals surface area contributed by atoms with E-state index in [0.29, 0.717) is 16.8 Å². The van der Waals surface area contributed by atoms with E-state index in [1.807, 2.05) is 0 Å². The Balaban J connectivity index is 1.87. The maximum atomic E-state index is 10.6. The number of nitrogens with one attached hydrogen (secondary N) is 1. The molecule has 7 heteroatoms. The lowest BCUT2D eigenvalue weighted by atomic mass is 10.3. The number of phenolic OH excluding ortho intramolecular Hbond substituents is 1. The van der Waals surface area contributed by atoms with E-state index in [0.717, 1.165) is 0 Å². The van der Waals surface area contributed by atoms with Crippen molar-refractivity contribution < 1.29 is 14.4 Å². The van der Waals surface area contributed by atoms with E-state index >= 15 is 0 Å². The summed E-state index contributed by atoms with van der Waals surface area (Å²) < 4.78 is 5.44. The Morgan fingerprint density at radius 1 is 1.20 bits per heavy atom. The number of nitrogens with zero attached hydrogens (tertiary/aromatic N) is 2. The summed E-state index contributed by atoms with van der Waals surface area (Å²) in [6.07, 6.45) is 0. The summed E-state index contributed by atoms with van der Waals surface area (Å²) in [5.74, 6) is 0.104. The van der Waals surface area contributed by atoms with Crippen molar-refractivity contribution in [2.24, 2.45) is 0 Å². The van der Waals surface area contributed by atoms with Crippen LogP contribution in [0.25, 0.3) is 11.1 Å². The summed E-state index contributed by atoms with van der Waals surface area (Å²) in [5.41, 5.74) is 1.69. The number of aromatic nitrogens is 1. The summed E-state index contributed by atoms with van der Waals surface area (Å²) in [7, 11) is 0. The highest BCUT2D eigenvalue weighted by atomic mass is 16.6. The van der Waals surface area contributed by atoms with E-state index < -0.39 is 4.92 Å². The van der Waals surface area contributed by atoms with Crippen LogP contribution < -0.4 is 5.32 Å². The molecule has 0 fully saturated rings. The molecule has 0 saturated heterocycles. The topological polar surface area (TPSA) is 101 Å². The third-order valence-electron chi connectivity index (χ3n) is 2.70. The van der Waals surface area contributed by atoms with Crippen molar-refractivity contribution in [1.29, 1.82) is 0 Å². The van der Waals surface area contributed by atoms with Gasteiger partial charge >= 0.3 is 0 Å². The van der Waals surface area contributed by atoms with E-state index in [2.05, 4.69) is 10.3 Å². The molecule has 0 aliphatic carbocycles. The molecule has 3 rings (SSSR count). The molecule has 1 heterocycles. The molecule has 2 aromatic carbocycles.